The normalized spacial score (nSPS) is 18.0. The summed E-state index contributed by atoms with van der Waals surface area (Å²) in [5, 5.41) is 25.0. The van der Waals surface area contributed by atoms with Crippen molar-refractivity contribution in [1.29, 1.82) is 0 Å². The molecule has 0 aliphatic heterocycles. The molecule has 0 amide bonds. The van der Waals surface area contributed by atoms with Crippen molar-refractivity contribution in [3.05, 3.63) is 32.3 Å². The summed E-state index contributed by atoms with van der Waals surface area (Å²) >= 11 is 11.7. The number of nitrogens with one attached hydrogen (secondary N) is 1. The van der Waals surface area contributed by atoms with Crippen molar-refractivity contribution in [3.8, 4) is 0 Å². The van der Waals surface area contributed by atoms with E-state index >= 15 is 0 Å². The lowest BCUT2D eigenvalue weighted by Gasteiger charge is -2.27. The van der Waals surface area contributed by atoms with Gasteiger partial charge in [0.15, 0.2) is 0 Å². The second kappa shape index (κ2) is 6.81. The molecule has 1 aromatic rings. The molecule has 0 radical (unpaired) electrons. The third-order valence-corrected chi connectivity index (χ3v) is 4.60. The molecular weight excluding hydrogens is 315 g/mol. The Morgan fingerprint density at radius 3 is 2.33 bits per heavy atom. The average molecular weight is 333 g/mol. The van der Waals surface area contributed by atoms with Gasteiger partial charge in [-0.05, 0) is 18.9 Å². The Hall–Kier alpha value is -1.04. The molecule has 5 nitrogen and oxygen atoms in total. The van der Waals surface area contributed by atoms with Gasteiger partial charge in [-0.15, -0.1) is 0 Å². The summed E-state index contributed by atoms with van der Waals surface area (Å²) in [7, 11) is 0. The van der Waals surface area contributed by atoms with Crippen molar-refractivity contribution < 1.29 is 10.0 Å². The van der Waals surface area contributed by atoms with E-state index in [2.05, 4.69) is 5.32 Å². The summed E-state index contributed by atoms with van der Waals surface area (Å²) in [5.41, 5.74) is -0.676. The summed E-state index contributed by atoms with van der Waals surface area (Å²) < 4.78 is 0. The topological polar surface area (TPSA) is 75.4 Å². The molecule has 1 aliphatic rings. The first-order valence-corrected chi connectivity index (χ1v) is 7.77. The molecular formula is C14H18Cl2N2O3. The smallest absolute Gasteiger partial charge is 0.293 e. The van der Waals surface area contributed by atoms with E-state index in [1.54, 1.807) is 0 Å². The van der Waals surface area contributed by atoms with Gasteiger partial charge in [-0.3, -0.25) is 10.1 Å². The van der Waals surface area contributed by atoms with Crippen LogP contribution in [0.15, 0.2) is 12.1 Å². The molecule has 7 heteroatoms. The fourth-order valence-corrected chi connectivity index (χ4v) is 2.97. The molecule has 1 aromatic carbocycles. The first-order valence-electron chi connectivity index (χ1n) is 7.01. The van der Waals surface area contributed by atoms with Crippen LogP contribution in [0.5, 0.6) is 0 Å². The number of nitrogens with zero attached hydrogens (tertiary/aromatic N) is 1. The zero-order chi connectivity index (χ0) is 15.5. The van der Waals surface area contributed by atoms with Crippen LogP contribution in [0.2, 0.25) is 10.0 Å². The molecule has 2 rings (SSSR count). The van der Waals surface area contributed by atoms with E-state index in [4.69, 9.17) is 23.2 Å². The summed E-state index contributed by atoms with van der Waals surface area (Å²) in [6.07, 6.45) is 5.60. The third-order valence-electron chi connectivity index (χ3n) is 3.88. The number of halogens is 2. The lowest BCUT2D eigenvalue weighted by Crippen LogP contribution is -2.36. The van der Waals surface area contributed by atoms with Crippen LogP contribution in [-0.4, -0.2) is 22.2 Å². The number of nitro groups is 1. The molecule has 0 heterocycles. The number of aliphatic hydroxyl groups is 1. The van der Waals surface area contributed by atoms with Gasteiger partial charge in [-0.1, -0.05) is 48.9 Å². The van der Waals surface area contributed by atoms with Gasteiger partial charge in [0.25, 0.3) is 5.69 Å². The first-order chi connectivity index (χ1) is 9.91. The van der Waals surface area contributed by atoms with Crippen molar-refractivity contribution in [2.75, 3.05) is 11.9 Å². The quantitative estimate of drug-likeness (QED) is 0.486. The van der Waals surface area contributed by atoms with E-state index in [9.17, 15) is 15.2 Å². The minimum Gasteiger partial charge on any atom is -0.388 e. The molecule has 116 valence electrons. The van der Waals surface area contributed by atoms with E-state index < -0.39 is 10.5 Å². The minimum absolute atomic E-state index is 0.137. The van der Waals surface area contributed by atoms with E-state index in [1.165, 1.54) is 12.1 Å². The van der Waals surface area contributed by atoms with Crippen molar-refractivity contribution >= 4 is 34.6 Å². The lowest BCUT2D eigenvalue weighted by molar-refractivity contribution is -0.383. The largest absolute Gasteiger partial charge is 0.388 e. The third kappa shape index (κ3) is 4.22. The fraction of sp³-hybridized carbons (Fsp3) is 0.571. The maximum Gasteiger partial charge on any atom is 0.293 e. The van der Waals surface area contributed by atoms with Gasteiger partial charge in [0.1, 0.15) is 5.69 Å². The Morgan fingerprint density at radius 2 is 1.76 bits per heavy atom. The van der Waals surface area contributed by atoms with Crippen molar-refractivity contribution in [1.82, 2.24) is 0 Å². The maximum absolute atomic E-state index is 11.1. The number of rotatable bonds is 4. The highest BCUT2D eigenvalue weighted by Crippen LogP contribution is 2.35. The van der Waals surface area contributed by atoms with Crippen LogP contribution in [0.3, 0.4) is 0 Å². The number of benzene rings is 1. The van der Waals surface area contributed by atoms with Crippen LogP contribution < -0.4 is 5.32 Å². The van der Waals surface area contributed by atoms with Crippen LogP contribution in [0.4, 0.5) is 11.4 Å². The molecule has 2 N–H and O–H groups in total. The molecule has 1 saturated carbocycles. The molecule has 0 bridgehead atoms. The van der Waals surface area contributed by atoms with Crippen LogP contribution in [-0.2, 0) is 0 Å². The average Bonchev–Trinajstić information content (AvgIpc) is 2.65. The van der Waals surface area contributed by atoms with E-state index in [0.717, 1.165) is 25.7 Å². The Bertz CT molecular complexity index is 529. The predicted molar refractivity (Wildman–Crippen MR) is 84.3 cm³/mol. The number of hydrogen-bond donors (Lipinski definition) is 2. The molecule has 0 spiro atoms. The zero-order valence-corrected chi connectivity index (χ0v) is 13.1. The predicted octanol–water partition coefficient (Wildman–Crippen LogP) is 4.40. The summed E-state index contributed by atoms with van der Waals surface area (Å²) in [6, 6.07) is 2.66. The van der Waals surface area contributed by atoms with Gasteiger partial charge in [0.05, 0.1) is 20.6 Å². The molecule has 0 saturated heterocycles. The van der Waals surface area contributed by atoms with Crippen LogP contribution in [0.25, 0.3) is 0 Å². The SMILES string of the molecule is O=[N+]([O-])c1cc(Cl)c(Cl)cc1NCC1(O)CCCCCC1. The van der Waals surface area contributed by atoms with Crippen LogP contribution >= 0.6 is 23.2 Å². The first kappa shape index (κ1) is 16.3. The lowest BCUT2D eigenvalue weighted by atomic mass is 9.94. The number of anilines is 1. The van der Waals surface area contributed by atoms with Gasteiger partial charge in [0, 0.05) is 12.6 Å². The van der Waals surface area contributed by atoms with E-state index in [0.29, 0.717) is 12.8 Å². The Balaban J connectivity index is 2.15. The Kier molecular flexibility index (Phi) is 5.30. The summed E-state index contributed by atoms with van der Waals surface area (Å²) in [6.45, 7) is 0.270. The highest BCUT2D eigenvalue weighted by atomic mass is 35.5. The summed E-state index contributed by atoms with van der Waals surface area (Å²) in [5.74, 6) is 0. The second-order valence-electron chi connectivity index (χ2n) is 5.53. The van der Waals surface area contributed by atoms with Gasteiger partial charge in [0.2, 0.25) is 0 Å². The van der Waals surface area contributed by atoms with Gasteiger partial charge in [-0.25, -0.2) is 0 Å². The fourth-order valence-electron chi connectivity index (χ4n) is 2.65. The standard InChI is InChI=1S/C14H18Cl2N2O3/c15-10-7-12(13(18(20)21)8-11(10)16)17-9-14(19)5-3-1-2-4-6-14/h7-8,17,19H,1-6,9H2. The minimum atomic E-state index is -0.823. The highest BCUT2D eigenvalue weighted by molar-refractivity contribution is 6.42. The number of nitro benzene ring substituents is 1. The van der Waals surface area contributed by atoms with Gasteiger partial charge in [-0.2, -0.15) is 0 Å². The summed E-state index contributed by atoms with van der Waals surface area (Å²) in [4.78, 5) is 10.6. The van der Waals surface area contributed by atoms with Gasteiger partial charge >= 0.3 is 0 Å². The zero-order valence-electron chi connectivity index (χ0n) is 11.6. The van der Waals surface area contributed by atoms with Crippen LogP contribution in [0, 0.1) is 10.1 Å². The monoisotopic (exact) mass is 332 g/mol. The number of hydrogen-bond acceptors (Lipinski definition) is 4. The molecule has 0 aromatic heterocycles. The molecule has 0 atom stereocenters. The Morgan fingerprint density at radius 1 is 1.19 bits per heavy atom. The van der Waals surface area contributed by atoms with Crippen molar-refractivity contribution in [2.45, 2.75) is 44.1 Å². The molecule has 1 fully saturated rings. The van der Waals surface area contributed by atoms with E-state index in [-0.39, 0.29) is 28.0 Å². The van der Waals surface area contributed by atoms with Crippen molar-refractivity contribution in [2.24, 2.45) is 0 Å². The highest BCUT2D eigenvalue weighted by Gasteiger charge is 2.28. The van der Waals surface area contributed by atoms with Gasteiger partial charge < -0.3 is 10.4 Å². The van der Waals surface area contributed by atoms with Crippen molar-refractivity contribution in [3.63, 3.8) is 0 Å². The molecule has 21 heavy (non-hydrogen) atoms. The van der Waals surface area contributed by atoms with E-state index in [1.807, 2.05) is 0 Å². The molecule has 1 aliphatic carbocycles. The maximum atomic E-state index is 11.1. The molecule has 0 unspecified atom stereocenters. The second-order valence-corrected chi connectivity index (χ2v) is 6.35. The van der Waals surface area contributed by atoms with Crippen LogP contribution in [0.1, 0.15) is 38.5 Å². The Labute approximate surface area is 133 Å².